The second-order valence-electron chi connectivity index (χ2n) is 5.76. The molecule has 2 N–H and O–H groups in total. The van der Waals surface area contributed by atoms with Crippen molar-refractivity contribution in [1.29, 1.82) is 0 Å². The molecule has 0 aliphatic carbocycles. The number of carbonyl (C=O) groups excluding carboxylic acids is 1. The van der Waals surface area contributed by atoms with E-state index >= 15 is 0 Å². The lowest BCUT2D eigenvalue weighted by molar-refractivity contribution is -0.115. The van der Waals surface area contributed by atoms with Gasteiger partial charge in [0, 0.05) is 6.07 Å². The Kier molecular flexibility index (Phi) is 6.15. The van der Waals surface area contributed by atoms with Gasteiger partial charge in [0.15, 0.2) is 0 Å². The van der Waals surface area contributed by atoms with Gasteiger partial charge in [-0.2, -0.15) is 0 Å². The van der Waals surface area contributed by atoms with Crippen molar-refractivity contribution < 1.29 is 18.0 Å². The van der Waals surface area contributed by atoms with Crippen LogP contribution in [0, 0.1) is 17.5 Å². The van der Waals surface area contributed by atoms with Crippen molar-refractivity contribution in [3.8, 4) is 0 Å². The number of H-pyrrole nitrogens is 1. The molecule has 9 heteroatoms. The maximum Gasteiger partial charge on any atom is 0.237 e. The van der Waals surface area contributed by atoms with Crippen molar-refractivity contribution in [2.45, 2.75) is 17.3 Å². The molecule has 0 aliphatic rings. The van der Waals surface area contributed by atoms with E-state index in [0.29, 0.717) is 11.0 Å². The molecule has 0 fully saturated rings. The molecule has 3 aromatic rings. The first kappa shape index (κ1) is 19.7. The molecule has 0 spiro atoms. The van der Waals surface area contributed by atoms with E-state index in [1.54, 1.807) is 31.2 Å². The van der Waals surface area contributed by atoms with E-state index in [0.717, 1.165) is 35.5 Å². The van der Waals surface area contributed by atoms with E-state index in [4.69, 9.17) is 0 Å². The summed E-state index contributed by atoms with van der Waals surface area (Å²) in [6.07, 6.45) is 3.40. The highest BCUT2D eigenvalue weighted by Crippen LogP contribution is 2.22. The normalized spacial score (nSPS) is 12.3. The zero-order valence-corrected chi connectivity index (χ0v) is 15.4. The van der Waals surface area contributed by atoms with E-state index in [9.17, 15) is 18.0 Å². The van der Waals surface area contributed by atoms with Gasteiger partial charge < -0.3 is 5.32 Å². The summed E-state index contributed by atoms with van der Waals surface area (Å²) in [4.78, 5) is 16.4. The van der Waals surface area contributed by atoms with Gasteiger partial charge in [0.2, 0.25) is 11.1 Å². The molecule has 0 bridgehead atoms. The molecule has 5 nitrogen and oxygen atoms in total. The molecule has 1 unspecified atom stereocenters. The number of nitrogens with one attached hydrogen (secondary N) is 2. The van der Waals surface area contributed by atoms with Crippen LogP contribution in [-0.4, -0.2) is 26.3 Å². The fourth-order valence-corrected chi connectivity index (χ4v) is 2.91. The van der Waals surface area contributed by atoms with Gasteiger partial charge in [0.25, 0.3) is 0 Å². The largest absolute Gasteiger partial charge is 0.323 e. The number of amides is 1. The summed E-state index contributed by atoms with van der Waals surface area (Å²) in [5.41, 5.74) is 0.562. The Bertz CT molecular complexity index is 1000. The number of thioether (sulfide) groups is 1. The quantitative estimate of drug-likeness (QED) is 0.593. The standard InChI is InChI=1S/C19H15F3N4OS/c1-11(18(27)23-16-10-14(21)7-8-15(16)22)28-19-24-17(25-26-19)9-4-12-2-5-13(20)6-3-12/h2-11H,1H3,(H,23,27)(H,24,25,26)/b9-4+. The molecule has 1 aromatic heterocycles. The van der Waals surface area contributed by atoms with Crippen LogP contribution in [0.1, 0.15) is 18.3 Å². The summed E-state index contributed by atoms with van der Waals surface area (Å²) in [5.74, 6) is -1.75. The van der Waals surface area contributed by atoms with Crippen LogP contribution in [0.5, 0.6) is 0 Å². The second-order valence-corrected chi connectivity index (χ2v) is 7.07. The Morgan fingerprint density at radius 3 is 2.57 bits per heavy atom. The van der Waals surface area contributed by atoms with Crippen molar-refractivity contribution in [2.75, 3.05) is 5.32 Å². The van der Waals surface area contributed by atoms with Crippen LogP contribution in [0.25, 0.3) is 12.2 Å². The number of aromatic amines is 1. The van der Waals surface area contributed by atoms with Crippen molar-refractivity contribution in [3.05, 3.63) is 71.3 Å². The van der Waals surface area contributed by atoms with Gasteiger partial charge in [-0.05, 0) is 42.8 Å². The van der Waals surface area contributed by atoms with Gasteiger partial charge in [0.1, 0.15) is 23.3 Å². The highest BCUT2D eigenvalue weighted by Gasteiger charge is 2.18. The smallest absolute Gasteiger partial charge is 0.237 e. The number of carbonyl (C=O) groups is 1. The molecule has 0 aliphatic heterocycles. The molecule has 1 amide bonds. The first-order valence-electron chi connectivity index (χ1n) is 8.19. The van der Waals surface area contributed by atoms with Crippen LogP contribution in [0.3, 0.4) is 0 Å². The lowest BCUT2D eigenvalue weighted by Gasteiger charge is -2.10. The number of hydrogen-bond acceptors (Lipinski definition) is 4. The van der Waals surface area contributed by atoms with Crippen molar-refractivity contribution in [3.63, 3.8) is 0 Å². The molecule has 3 rings (SSSR count). The molecule has 1 heterocycles. The number of halogens is 3. The third kappa shape index (κ3) is 5.23. The third-order valence-electron chi connectivity index (χ3n) is 3.62. The van der Waals surface area contributed by atoms with Gasteiger partial charge in [-0.1, -0.05) is 30.0 Å². The predicted molar refractivity (Wildman–Crippen MR) is 102 cm³/mol. The van der Waals surface area contributed by atoms with Crippen molar-refractivity contribution in [2.24, 2.45) is 0 Å². The van der Waals surface area contributed by atoms with E-state index in [2.05, 4.69) is 20.5 Å². The monoisotopic (exact) mass is 404 g/mol. The van der Waals surface area contributed by atoms with E-state index in [1.807, 2.05) is 0 Å². The molecule has 0 saturated heterocycles. The van der Waals surface area contributed by atoms with Crippen molar-refractivity contribution >= 4 is 35.5 Å². The first-order valence-corrected chi connectivity index (χ1v) is 9.07. The number of rotatable bonds is 6. The predicted octanol–water partition coefficient (Wildman–Crippen LogP) is 4.51. The minimum atomic E-state index is -0.724. The highest BCUT2D eigenvalue weighted by atomic mass is 32.2. The summed E-state index contributed by atoms with van der Waals surface area (Å²) in [6.45, 7) is 1.60. The van der Waals surface area contributed by atoms with Crippen LogP contribution in [0.15, 0.2) is 47.6 Å². The molecule has 144 valence electrons. The maximum absolute atomic E-state index is 13.6. The Hall–Kier alpha value is -3.07. The summed E-state index contributed by atoms with van der Waals surface area (Å²) >= 11 is 1.06. The fourth-order valence-electron chi connectivity index (χ4n) is 2.17. The minimum absolute atomic E-state index is 0.227. The lowest BCUT2D eigenvalue weighted by atomic mass is 10.2. The average molecular weight is 404 g/mol. The molecule has 2 aromatic carbocycles. The third-order valence-corrected chi connectivity index (χ3v) is 4.58. The van der Waals surface area contributed by atoms with Crippen LogP contribution in [-0.2, 0) is 4.79 Å². The summed E-state index contributed by atoms with van der Waals surface area (Å²) < 4.78 is 39.7. The molecular weight excluding hydrogens is 389 g/mol. The second kappa shape index (κ2) is 8.75. The molecular formula is C19H15F3N4OS. The van der Waals surface area contributed by atoms with E-state index in [-0.39, 0.29) is 11.5 Å². The van der Waals surface area contributed by atoms with Gasteiger partial charge in [-0.3, -0.25) is 9.89 Å². The van der Waals surface area contributed by atoms with E-state index < -0.39 is 22.8 Å². The number of hydrogen-bond donors (Lipinski definition) is 2. The van der Waals surface area contributed by atoms with Crippen LogP contribution < -0.4 is 5.32 Å². The van der Waals surface area contributed by atoms with Crippen molar-refractivity contribution in [1.82, 2.24) is 15.2 Å². The number of nitrogens with zero attached hydrogens (tertiary/aromatic N) is 2. The van der Waals surface area contributed by atoms with E-state index in [1.165, 1.54) is 12.1 Å². The first-order chi connectivity index (χ1) is 13.4. The SMILES string of the molecule is CC(Sc1n[nH]c(/C=C/c2ccc(F)cc2)n1)C(=O)Nc1cc(F)ccc1F. The van der Waals surface area contributed by atoms with Crippen LogP contribution in [0.2, 0.25) is 0 Å². The maximum atomic E-state index is 13.6. The summed E-state index contributed by atoms with van der Waals surface area (Å²) in [5, 5.41) is 8.74. The zero-order valence-electron chi connectivity index (χ0n) is 14.6. The average Bonchev–Trinajstić information content (AvgIpc) is 3.11. The molecule has 28 heavy (non-hydrogen) atoms. The lowest BCUT2D eigenvalue weighted by Crippen LogP contribution is -2.23. The fraction of sp³-hybridized carbons (Fsp3) is 0.105. The summed E-state index contributed by atoms with van der Waals surface area (Å²) in [7, 11) is 0. The number of benzene rings is 2. The van der Waals surface area contributed by atoms with Gasteiger partial charge in [-0.15, -0.1) is 5.10 Å². The zero-order chi connectivity index (χ0) is 20.1. The van der Waals surface area contributed by atoms with Gasteiger partial charge in [-0.25, -0.2) is 18.2 Å². The number of aromatic nitrogens is 3. The molecule has 1 atom stereocenters. The Balaban J connectivity index is 1.60. The Morgan fingerprint density at radius 1 is 1.11 bits per heavy atom. The highest BCUT2D eigenvalue weighted by molar-refractivity contribution is 8.00. The Labute approximate surface area is 163 Å². The number of anilines is 1. The minimum Gasteiger partial charge on any atom is -0.323 e. The van der Waals surface area contributed by atoms with Crippen LogP contribution >= 0.6 is 11.8 Å². The summed E-state index contributed by atoms with van der Waals surface area (Å²) in [6, 6.07) is 8.77. The Morgan fingerprint density at radius 2 is 1.82 bits per heavy atom. The van der Waals surface area contributed by atoms with Crippen LogP contribution in [0.4, 0.5) is 18.9 Å². The topological polar surface area (TPSA) is 70.7 Å². The van der Waals surface area contributed by atoms with Gasteiger partial charge >= 0.3 is 0 Å². The molecule has 0 saturated carbocycles. The van der Waals surface area contributed by atoms with Gasteiger partial charge in [0.05, 0.1) is 10.9 Å². The molecule has 0 radical (unpaired) electrons.